The molecule has 2 aliphatic carbocycles. The zero-order chi connectivity index (χ0) is 11.1. The van der Waals surface area contributed by atoms with Crippen LogP contribution in [0.3, 0.4) is 0 Å². The second-order valence-corrected chi connectivity index (χ2v) is 5.78. The van der Waals surface area contributed by atoms with E-state index < -0.39 is 0 Å². The Kier molecular flexibility index (Phi) is 2.51. The molecule has 86 valence electrons. The molecule has 0 aliphatic heterocycles. The molecule has 3 rings (SSSR count). The quantitative estimate of drug-likeness (QED) is 0.803. The number of aryl methyl sites for hydroxylation is 1. The summed E-state index contributed by atoms with van der Waals surface area (Å²) in [6.45, 7) is 2.13. The molecule has 2 fully saturated rings. The van der Waals surface area contributed by atoms with Gasteiger partial charge in [-0.25, -0.2) is 0 Å². The zero-order valence-electron chi connectivity index (χ0n) is 10.0. The van der Waals surface area contributed by atoms with Crippen molar-refractivity contribution in [3.05, 3.63) is 35.4 Å². The summed E-state index contributed by atoms with van der Waals surface area (Å²) in [5.41, 5.74) is 9.10. The van der Waals surface area contributed by atoms with E-state index in [4.69, 9.17) is 5.73 Å². The van der Waals surface area contributed by atoms with Crippen LogP contribution < -0.4 is 5.73 Å². The molecular formula is C15H21N. The van der Waals surface area contributed by atoms with Gasteiger partial charge in [0.1, 0.15) is 0 Å². The van der Waals surface area contributed by atoms with E-state index in [0.29, 0.717) is 0 Å². The third-order valence-electron chi connectivity index (χ3n) is 4.72. The Morgan fingerprint density at radius 1 is 1.12 bits per heavy atom. The lowest BCUT2D eigenvalue weighted by atomic mass is 9.81. The van der Waals surface area contributed by atoms with Gasteiger partial charge in [0.15, 0.2) is 0 Å². The normalized spacial score (nSPS) is 34.2. The average Bonchev–Trinajstić information content (AvgIpc) is 2.91. The molecule has 1 nitrogen and oxygen atoms in total. The van der Waals surface area contributed by atoms with Gasteiger partial charge in [-0.2, -0.15) is 0 Å². The van der Waals surface area contributed by atoms with Gasteiger partial charge in [-0.1, -0.05) is 36.2 Å². The van der Waals surface area contributed by atoms with E-state index in [-0.39, 0.29) is 6.04 Å². The number of benzene rings is 1. The summed E-state index contributed by atoms with van der Waals surface area (Å²) < 4.78 is 0. The van der Waals surface area contributed by atoms with Crippen LogP contribution in [0.2, 0.25) is 0 Å². The SMILES string of the molecule is Cc1ccc(C(N)C2CC3CCC2C3)cc1. The maximum Gasteiger partial charge on any atom is 0.0326 e. The Morgan fingerprint density at radius 3 is 2.44 bits per heavy atom. The summed E-state index contributed by atoms with van der Waals surface area (Å²) in [6, 6.07) is 9.07. The summed E-state index contributed by atoms with van der Waals surface area (Å²) >= 11 is 0. The van der Waals surface area contributed by atoms with Gasteiger partial charge in [0.2, 0.25) is 0 Å². The molecule has 2 N–H and O–H groups in total. The molecule has 0 aromatic heterocycles. The molecule has 2 saturated carbocycles. The number of nitrogens with two attached hydrogens (primary N) is 1. The van der Waals surface area contributed by atoms with Crippen LogP contribution in [0.5, 0.6) is 0 Å². The minimum absolute atomic E-state index is 0.274. The molecule has 1 heteroatoms. The Balaban J connectivity index is 1.77. The number of hydrogen-bond donors (Lipinski definition) is 1. The maximum atomic E-state index is 6.44. The molecular weight excluding hydrogens is 194 g/mol. The molecule has 2 aliphatic rings. The fourth-order valence-corrected chi connectivity index (χ4v) is 3.77. The maximum absolute atomic E-state index is 6.44. The molecule has 4 atom stereocenters. The second kappa shape index (κ2) is 3.89. The first kappa shape index (κ1) is 10.3. The van der Waals surface area contributed by atoms with Gasteiger partial charge in [-0.05, 0) is 49.5 Å². The summed E-state index contributed by atoms with van der Waals surface area (Å²) in [5, 5.41) is 0. The van der Waals surface area contributed by atoms with Gasteiger partial charge in [0, 0.05) is 6.04 Å². The van der Waals surface area contributed by atoms with Crippen molar-refractivity contribution in [2.45, 2.75) is 38.6 Å². The monoisotopic (exact) mass is 215 g/mol. The van der Waals surface area contributed by atoms with Crippen LogP contribution in [-0.4, -0.2) is 0 Å². The Hall–Kier alpha value is -0.820. The summed E-state index contributed by atoms with van der Waals surface area (Å²) in [7, 11) is 0. The minimum Gasteiger partial charge on any atom is -0.324 e. The number of fused-ring (bicyclic) bond motifs is 2. The standard InChI is InChI=1S/C15H21N/c1-10-2-5-12(6-3-10)15(16)14-9-11-4-7-13(14)8-11/h2-3,5-6,11,13-15H,4,7-9,16H2,1H3. The topological polar surface area (TPSA) is 26.0 Å². The van der Waals surface area contributed by atoms with Crippen molar-refractivity contribution in [3.63, 3.8) is 0 Å². The first-order valence-electron chi connectivity index (χ1n) is 6.56. The summed E-state index contributed by atoms with van der Waals surface area (Å²) in [4.78, 5) is 0. The van der Waals surface area contributed by atoms with Gasteiger partial charge in [-0.15, -0.1) is 0 Å². The van der Waals surface area contributed by atoms with E-state index in [1.165, 1.54) is 36.8 Å². The van der Waals surface area contributed by atoms with Gasteiger partial charge < -0.3 is 5.73 Å². The highest BCUT2D eigenvalue weighted by molar-refractivity contribution is 5.25. The molecule has 4 unspecified atom stereocenters. The van der Waals surface area contributed by atoms with Gasteiger partial charge in [-0.3, -0.25) is 0 Å². The smallest absolute Gasteiger partial charge is 0.0326 e. The van der Waals surface area contributed by atoms with Gasteiger partial charge in [0.05, 0.1) is 0 Å². The summed E-state index contributed by atoms with van der Waals surface area (Å²) in [5.74, 6) is 2.66. The van der Waals surface area contributed by atoms with Crippen molar-refractivity contribution in [1.82, 2.24) is 0 Å². The van der Waals surface area contributed by atoms with Gasteiger partial charge >= 0.3 is 0 Å². The third kappa shape index (κ3) is 1.67. The number of rotatable bonds is 2. The van der Waals surface area contributed by atoms with Gasteiger partial charge in [0.25, 0.3) is 0 Å². The molecule has 0 saturated heterocycles. The highest BCUT2D eigenvalue weighted by Gasteiger charge is 2.42. The van der Waals surface area contributed by atoms with Crippen LogP contribution in [0.25, 0.3) is 0 Å². The predicted molar refractivity (Wildman–Crippen MR) is 67.0 cm³/mol. The average molecular weight is 215 g/mol. The van der Waals surface area contributed by atoms with Crippen molar-refractivity contribution in [3.8, 4) is 0 Å². The van der Waals surface area contributed by atoms with E-state index in [1.807, 2.05) is 0 Å². The zero-order valence-corrected chi connectivity index (χ0v) is 10.0. The fraction of sp³-hybridized carbons (Fsp3) is 0.600. The van der Waals surface area contributed by atoms with E-state index in [2.05, 4.69) is 31.2 Å². The lowest BCUT2D eigenvalue weighted by Gasteiger charge is -2.28. The lowest BCUT2D eigenvalue weighted by molar-refractivity contribution is 0.284. The van der Waals surface area contributed by atoms with E-state index in [0.717, 1.165) is 17.8 Å². The van der Waals surface area contributed by atoms with E-state index in [1.54, 1.807) is 0 Å². The number of hydrogen-bond acceptors (Lipinski definition) is 1. The highest BCUT2D eigenvalue weighted by Crippen LogP contribution is 2.51. The Labute approximate surface area is 98.0 Å². The molecule has 1 aromatic carbocycles. The Bertz CT molecular complexity index is 368. The van der Waals surface area contributed by atoms with Crippen molar-refractivity contribution in [2.75, 3.05) is 0 Å². The molecule has 0 amide bonds. The first-order valence-corrected chi connectivity index (χ1v) is 6.56. The van der Waals surface area contributed by atoms with Crippen LogP contribution >= 0.6 is 0 Å². The second-order valence-electron chi connectivity index (χ2n) is 5.78. The third-order valence-corrected chi connectivity index (χ3v) is 4.72. The molecule has 2 bridgehead atoms. The molecule has 0 spiro atoms. The fourth-order valence-electron chi connectivity index (χ4n) is 3.77. The van der Waals surface area contributed by atoms with Crippen LogP contribution in [0.1, 0.15) is 42.9 Å². The van der Waals surface area contributed by atoms with Crippen LogP contribution in [-0.2, 0) is 0 Å². The highest BCUT2D eigenvalue weighted by atomic mass is 14.7. The molecule has 1 aromatic rings. The molecule has 0 radical (unpaired) electrons. The lowest BCUT2D eigenvalue weighted by Crippen LogP contribution is -2.25. The minimum atomic E-state index is 0.274. The van der Waals surface area contributed by atoms with E-state index in [9.17, 15) is 0 Å². The largest absolute Gasteiger partial charge is 0.324 e. The van der Waals surface area contributed by atoms with Crippen molar-refractivity contribution in [2.24, 2.45) is 23.5 Å². The Morgan fingerprint density at radius 2 is 1.88 bits per heavy atom. The summed E-state index contributed by atoms with van der Waals surface area (Å²) in [6.07, 6.45) is 5.71. The van der Waals surface area contributed by atoms with Crippen molar-refractivity contribution >= 4 is 0 Å². The molecule has 0 heterocycles. The van der Waals surface area contributed by atoms with Crippen LogP contribution in [0.15, 0.2) is 24.3 Å². The first-order chi connectivity index (χ1) is 7.74. The van der Waals surface area contributed by atoms with Crippen molar-refractivity contribution in [1.29, 1.82) is 0 Å². The molecule has 16 heavy (non-hydrogen) atoms. The van der Waals surface area contributed by atoms with Crippen LogP contribution in [0.4, 0.5) is 0 Å². The van der Waals surface area contributed by atoms with Crippen molar-refractivity contribution < 1.29 is 0 Å². The van der Waals surface area contributed by atoms with Crippen LogP contribution in [0, 0.1) is 24.7 Å². The predicted octanol–water partition coefficient (Wildman–Crippen LogP) is 3.43. The van der Waals surface area contributed by atoms with E-state index >= 15 is 0 Å².